The number of hydrogen-bond donors (Lipinski definition) is 1. The summed E-state index contributed by atoms with van der Waals surface area (Å²) >= 11 is 1.45. The number of thiazole rings is 1. The normalized spacial score (nSPS) is 11.4. The molecule has 3 rings (SSSR count). The lowest BCUT2D eigenvalue weighted by atomic mass is 10.2. The Morgan fingerprint density at radius 2 is 2.04 bits per heavy atom. The first-order valence-corrected chi connectivity index (χ1v) is 7.90. The van der Waals surface area contributed by atoms with E-state index in [0.717, 1.165) is 20.9 Å². The van der Waals surface area contributed by atoms with Crippen molar-refractivity contribution >= 4 is 33.6 Å². The number of ether oxygens (including phenoxy) is 1. The number of hydrogen-bond acceptors (Lipinski definition) is 6. The third-order valence-corrected chi connectivity index (χ3v) is 3.81. The molecule has 1 N–H and O–H groups in total. The molecule has 0 aliphatic rings. The van der Waals surface area contributed by atoms with E-state index in [9.17, 15) is 4.79 Å². The molecule has 0 saturated carbocycles. The highest BCUT2D eigenvalue weighted by Crippen LogP contribution is 2.29. The van der Waals surface area contributed by atoms with Crippen molar-refractivity contribution in [1.82, 2.24) is 15.0 Å². The smallest absolute Gasteiger partial charge is 0.413 e. The molecule has 3 aromatic heterocycles. The zero-order chi connectivity index (χ0) is 16.4. The molecule has 7 heteroatoms. The molecule has 1 amide bonds. The lowest BCUT2D eigenvalue weighted by Gasteiger charge is -2.19. The van der Waals surface area contributed by atoms with E-state index in [1.54, 1.807) is 18.5 Å². The van der Waals surface area contributed by atoms with Crippen molar-refractivity contribution in [2.75, 3.05) is 5.32 Å². The van der Waals surface area contributed by atoms with Gasteiger partial charge in [0.25, 0.3) is 0 Å². The maximum absolute atomic E-state index is 11.8. The average molecular weight is 328 g/mol. The van der Waals surface area contributed by atoms with Gasteiger partial charge in [0.05, 0.1) is 0 Å². The summed E-state index contributed by atoms with van der Waals surface area (Å²) in [5, 5.41) is 3.48. The maximum Gasteiger partial charge on any atom is 0.413 e. The minimum atomic E-state index is -0.549. The van der Waals surface area contributed by atoms with E-state index in [-0.39, 0.29) is 0 Å². The summed E-state index contributed by atoms with van der Waals surface area (Å²) in [4.78, 5) is 25.6. The Labute approximate surface area is 137 Å². The monoisotopic (exact) mass is 328 g/mol. The molecule has 0 unspecified atom stereocenters. The van der Waals surface area contributed by atoms with Crippen molar-refractivity contribution in [1.29, 1.82) is 0 Å². The molecule has 6 nitrogen and oxygen atoms in total. The first-order chi connectivity index (χ1) is 10.9. The lowest BCUT2D eigenvalue weighted by Crippen LogP contribution is -2.27. The van der Waals surface area contributed by atoms with Crippen molar-refractivity contribution in [3.05, 3.63) is 36.7 Å². The average Bonchev–Trinajstić information content (AvgIpc) is 2.89. The van der Waals surface area contributed by atoms with Crippen LogP contribution >= 0.6 is 11.3 Å². The molecule has 0 aromatic carbocycles. The second-order valence-corrected chi connectivity index (χ2v) is 6.89. The Morgan fingerprint density at radius 3 is 2.74 bits per heavy atom. The minimum absolute atomic E-state index is 0.438. The van der Waals surface area contributed by atoms with E-state index in [0.29, 0.717) is 5.82 Å². The summed E-state index contributed by atoms with van der Waals surface area (Å²) in [6, 6.07) is 7.35. The largest absolute Gasteiger partial charge is 0.444 e. The predicted octanol–water partition coefficient (Wildman–Crippen LogP) is 4.10. The maximum atomic E-state index is 11.8. The standard InChI is InChI=1S/C16H16N4O2S/c1-16(2,3)22-15(21)20-12-7-6-11-14(19-12)23-13(18-11)10-5-4-8-17-9-10/h4-9H,1-3H3,(H,19,20,21). The van der Waals surface area contributed by atoms with Crippen LogP contribution in [-0.4, -0.2) is 26.6 Å². The van der Waals surface area contributed by atoms with Crippen LogP contribution < -0.4 is 5.32 Å². The Hall–Kier alpha value is -2.54. The van der Waals surface area contributed by atoms with Crippen molar-refractivity contribution in [3.8, 4) is 10.6 Å². The first kappa shape index (κ1) is 15.4. The summed E-state index contributed by atoms with van der Waals surface area (Å²) in [5.41, 5.74) is 1.17. The van der Waals surface area contributed by atoms with Gasteiger partial charge in [-0.2, -0.15) is 0 Å². The number of anilines is 1. The zero-order valence-corrected chi connectivity index (χ0v) is 13.8. The molecule has 0 aliphatic heterocycles. The van der Waals surface area contributed by atoms with Gasteiger partial charge in [-0.3, -0.25) is 10.3 Å². The number of nitrogens with zero attached hydrogens (tertiary/aromatic N) is 3. The number of carbonyl (C=O) groups is 1. The molecular formula is C16H16N4O2S. The molecule has 0 aliphatic carbocycles. The molecule has 0 fully saturated rings. The SMILES string of the molecule is CC(C)(C)OC(=O)Nc1ccc2nc(-c3cccnc3)sc2n1. The molecule has 0 atom stereocenters. The number of aromatic nitrogens is 3. The van der Waals surface area contributed by atoms with Gasteiger partial charge in [0.1, 0.15) is 26.8 Å². The van der Waals surface area contributed by atoms with Crippen LogP contribution in [0.5, 0.6) is 0 Å². The third kappa shape index (κ3) is 3.81. The van der Waals surface area contributed by atoms with E-state index in [1.165, 1.54) is 11.3 Å². The van der Waals surface area contributed by atoms with Crippen molar-refractivity contribution in [3.63, 3.8) is 0 Å². The van der Waals surface area contributed by atoms with Crippen LogP contribution in [0.15, 0.2) is 36.7 Å². The fraction of sp³-hybridized carbons (Fsp3) is 0.250. The van der Waals surface area contributed by atoms with Crippen molar-refractivity contribution in [2.24, 2.45) is 0 Å². The third-order valence-electron chi connectivity index (χ3n) is 2.79. The molecule has 0 spiro atoms. The van der Waals surface area contributed by atoms with E-state index < -0.39 is 11.7 Å². The van der Waals surface area contributed by atoms with Crippen molar-refractivity contribution < 1.29 is 9.53 Å². The fourth-order valence-corrected chi connectivity index (χ4v) is 2.84. The second kappa shape index (κ2) is 5.92. The van der Waals surface area contributed by atoms with E-state index in [2.05, 4.69) is 20.3 Å². The molecule has 0 bridgehead atoms. The minimum Gasteiger partial charge on any atom is -0.444 e. The Morgan fingerprint density at radius 1 is 1.22 bits per heavy atom. The quantitative estimate of drug-likeness (QED) is 0.766. The Balaban J connectivity index is 1.84. The Kier molecular flexibility index (Phi) is 3.96. The molecule has 23 heavy (non-hydrogen) atoms. The summed E-state index contributed by atoms with van der Waals surface area (Å²) in [7, 11) is 0. The Bertz CT molecular complexity index is 840. The number of carbonyl (C=O) groups excluding carboxylic acids is 1. The van der Waals surface area contributed by atoms with Gasteiger partial charge >= 0.3 is 6.09 Å². The van der Waals surface area contributed by atoms with Crippen molar-refractivity contribution in [2.45, 2.75) is 26.4 Å². The highest BCUT2D eigenvalue weighted by Gasteiger charge is 2.17. The topological polar surface area (TPSA) is 77.0 Å². The van der Waals surface area contributed by atoms with Crippen LogP contribution in [-0.2, 0) is 4.74 Å². The van der Waals surface area contributed by atoms with E-state index in [1.807, 2.05) is 39.0 Å². The highest BCUT2D eigenvalue weighted by atomic mass is 32.1. The molecule has 0 radical (unpaired) electrons. The fourth-order valence-electron chi connectivity index (χ4n) is 1.91. The van der Waals surface area contributed by atoms with Crippen LogP contribution in [0.1, 0.15) is 20.8 Å². The lowest BCUT2D eigenvalue weighted by molar-refractivity contribution is 0.0635. The molecular weight excluding hydrogens is 312 g/mol. The molecule has 3 aromatic rings. The van der Waals surface area contributed by atoms with Crippen LogP contribution in [0.4, 0.5) is 10.6 Å². The number of amides is 1. The molecule has 118 valence electrons. The zero-order valence-electron chi connectivity index (χ0n) is 13.0. The van der Waals surface area contributed by atoms with Gasteiger partial charge in [-0.1, -0.05) is 11.3 Å². The number of nitrogens with one attached hydrogen (secondary N) is 1. The van der Waals surface area contributed by atoms with Gasteiger partial charge in [-0.15, -0.1) is 0 Å². The van der Waals surface area contributed by atoms with Gasteiger partial charge in [-0.05, 0) is 45.0 Å². The van der Waals surface area contributed by atoms with Gasteiger partial charge < -0.3 is 4.74 Å². The summed E-state index contributed by atoms with van der Waals surface area (Å²) in [6.45, 7) is 5.44. The van der Waals surface area contributed by atoms with Crippen LogP contribution in [0.2, 0.25) is 0 Å². The molecule has 0 saturated heterocycles. The number of fused-ring (bicyclic) bond motifs is 1. The van der Waals surface area contributed by atoms with Gasteiger partial charge in [0, 0.05) is 18.0 Å². The van der Waals surface area contributed by atoms with E-state index >= 15 is 0 Å². The number of pyridine rings is 2. The summed E-state index contributed by atoms with van der Waals surface area (Å²) in [6.07, 6.45) is 2.96. The van der Waals surface area contributed by atoms with Crippen LogP contribution in [0, 0.1) is 0 Å². The van der Waals surface area contributed by atoms with Gasteiger partial charge in [-0.25, -0.2) is 14.8 Å². The predicted molar refractivity (Wildman–Crippen MR) is 90.5 cm³/mol. The van der Waals surface area contributed by atoms with Gasteiger partial charge in [0.2, 0.25) is 0 Å². The highest BCUT2D eigenvalue weighted by molar-refractivity contribution is 7.21. The second-order valence-electron chi connectivity index (χ2n) is 5.91. The number of rotatable bonds is 2. The summed E-state index contributed by atoms with van der Waals surface area (Å²) < 4.78 is 5.22. The molecule has 3 heterocycles. The van der Waals surface area contributed by atoms with Crippen LogP contribution in [0.3, 0.4) is 0 Å². The summed E-state index contributed by atoms with van der Waals surface area (Å²) in [5.74, 6) is 0.438. The van der Waals surface area contributed by atoms with Gasteiger partial charge in [0.15, 0.2) is 0 Å². The first-order valence-electron chi connectivity index (χ1n) is 7.09. The van der Waals surface area contributed by atoms with Crippen LogP contribution in [0.25, 0.3) is 20.9 Å². The van der Waals surface area contributed by atoms with E-state index in [4.69, 9.17) is 4.74 Å².